The van der Waals surface area contributed by atoms with Crippen LogP contribution in [0.2, 0.25) is 0 Å². The van der Waals surface area contributed by atoms with E-state index < -0.39 is 0 Å². The molecule has 0 aliphatic carbocycles. The molecule has 2 aromatic heterocycles. The highest BCUT2D eigenvalue weighted by molar-refractivity contribution is 7.19. The Kier molecular flexibility index (Phi) is 7.30. The van der Waals surface area contributed by atoms with Gasteiger partial charge in [-0.3, -0.25) is 9.36 Å². The molecule has 0 aliphatic heterocycles. The first-order chi connectivity index (χ1) is 18.1. The molecule has 2 heterocycles. The fourth-order valence-corrected chi connectivity index (χ4v) is 5.86. The Hall–Kier alpha value is -4.01. The van der Waals surface area contributed by atoms with Crippen LogP contribution in [-0.4, -0.2) is 9.55 Å². The molecule has 0 bridgehead atoms. The number of fused-ring (bicyclic) bond motifs is 1. The lowest BCUT2D eigenvalue weighted by molar-refractivity contribution is 0.667. The first-order valence-electron chi connectivity index (χ1n) is 12.7. The molecule has 0 fully saturated rings. The number of aryl methyl sites for hydroxylation is 2. The van der Waals surface area contributed by atoms with Gasteiger partial charge in [0.05, 0.1) is 23.9 Å². The maximum absolute atomic E-state index is 13.9. The number of thiophene rings is 1. The van der Waals surface area contributed by atoms with Crippen LogP contribution < -0.4 is 5.56 Å². The minimum absolute atomic E-state index is 0.0155. The van der Waals surface area contributed by atoms with E-state index in [2.05, 4.69) is 31.2 Å². The molecule has 5 heteroatoms. The fourth-order valence-electron chi connectivity index (χ4n) is 4.81. The summed E-state index contributed by atoms with van der Waals surface area (Å²) >= 11 is 1.72. The van der Waals surface area contributed by atoms with Gasteiger partial charge in [0, 0.05) is 21.6 Å². The Labute approximate surface area is 221 Å². The van der Waals surface area contributed by atoms with Crippen molar-refractivity contribution < 1.29 is 0 Å². The van der Waals surface area contributed by atoms with Crippen molar-refractivity contribution >= 4 is 21.4 Å². The van der Waals surface area contributed by atoms with Gasteiger partial charge in [-0.2, -0.15) is 5.26 Å². The quantitative estimate of drug-likeness (QED) is 0.223. The van der Waals surface area contributed by atoms with Gasteiger partial charge in [-0.25, -0.2) is 4.98 Å². The van der Waals surface area contributed by atoms with Gasteiger partial charge in [-0.15, -0.1) is 11.3 Å². The minimum Gasteiger partial charge on any atom is -0.291 e. The molecular weight excluding hydrogens is 474 g/mol. The van der Waals surface area contributed by atoms with Crippen LogP contribution >= 0.6 is 11.3 Å². The molecule has 0 N–H and O–H groups in total. The fraction of sp³-hybridized carbons (Fsp3) is 0.219. The second-order valence-corrected chi connectivity index (χ2v) is 10.5. The van der Waals surface area contributed by atoms with Crippen molar-refractivity contribution in [2.75, 3.05) is 0 Å². The molecule has 0 radical (unpaired) electrons. The van der Waals surface area contributed by atoms with Gasteiger partial charge in [-0.1, -0.05) is 74.0 Å². The summed E-state index contributed by atoms with van der Waals surface area (Å²) in [6.45, 7) is 4.58. The van der Waals surface area contributed by atoms with Crippen molar-refractivity contribution in [3.63, 3.8) is 0 Å². The van der Waals surface area contributed by atoms with Crippen LogP contribution in [0.3, 0.4) is 0 Å². The Morgan fingerprint density at radius 1 is 1.00 bits per heavy atom. The summed E-state index contributed by atoms with van der Waals surface area (Å²) in [6.07, 6.45) is 3.26. The van der Waals surface area contributed by atoms with Crippen molar-refractivity contribution in [2.24, 2.45) is 0 Å². The summed E-state index contributed by atoms with van der Waals surface area (Å²) in [5, 5.41) is 11.1. The predicted molar refractivity (Wildman–Crippen MR) is 152 cm³/mol. The average molecular weight is 504 g/mol. The summed E-state index contributed by atoms with van der Waals surface area (Å²) in [7, 11) is 0. The molecular formula is C32H29N3OS. The lowest BCUT2D eigenvalue weighted by Gasteiger charge is -2.15. The summed E-state index contributed by atoms with van der Waals surface area (Å²) < 4.78 is 3.03. The van der Waals surface area contributed by atoms with E-state index in [-0.39, 0.29) is 5.56 Å². The van der Waals surface area contributed by atoms with Gasteiger partial charge < -0.3 is 0 Å². The third-order valence-electron chi connectivity index (χ3n) is 6.77. The maximum atomic E-state index is 13.9. The summed E-state index contributed by atoms with van der Waals surface area (Å²) in [4.78, 5) is 20.0. The third kappa shape index (κ3) is 5.26. The van der Waals surface area contributed by atoms with Gasteiger partial charge in [0.1, 0.15) is 5.82 Å². The zero-order valence-electron chi connectivity index (χ0n) is 21.2. The Balaban J connectivity index is 1.53. The monoisotopic (exact) mass is 503 g/mol. The molecule has 0 amide bonds. The molecule has 0 aliphatic rings. The zero-order valence-corrected chi connectivity index (χ0v) is 22.0. The van der Waals surface area contributed by atoms with Gasteiger partial charge in [0.15, 0.2) is 0 Å². The molecule has 5 rings (SSSR count). The Bertz CT molecular complexity index is 1620. The third-order valence-corrected chi connectivity index (χ3v) is 7.87. The maximum Gasteiger partial charge on any atom is 0.257 e. The Morgan fingerprint density at radius 2 is 1.78 bits per heavy atom. The lowest BCUT2D eigenvalue weighted by atomic mass is 9.95. The van der Waals surface area contributed by atoms with Crippen LogP contribution in [-0.2, 0) is 19.4 Å². The van der Waals surface area contributed by atoms with Crippen molar-refractivity contribution in [3.8, 4) is 17.2 Å². The van der Waals surface area contributed by atoms with Gasteiger partial charge in [-0.05, 0) is 60.0 Å². The van der Waals surface area contributed by atoms with Gasteiger partial charge in [0.25, 0.3) is 5.56 Å². The van der Waals surface area contributed by atoms with Crippen molar-refractivity contribution in [2.45, 2.75) is 46.1 Å². The molecule has 0 spiro atoms. The highest BCUT2D eigenvalue weighted by Gasteiger charge is 2.17. The molecule has 0 unspecified atom stereocenters. The summed E-state index contributed by atoms with van der Waals surface area (Å²) in [6, 6.07) is 28.7. The molecule has 0 saturated heterocycles. The molecule has 0 atom stereocenters. The number of rotatable bonds is 8. The van der Waals surface area contributed by atoms with Gasteiger partial charge >= 0.3 is 0 Å². The topological polar surface area (TPSA) is 58.7 Å². The number of nitrogens with zero attached hydrogens (tertiary/aromatic N) is 3. The smallest absolute Gasteiger partial charge is 0.257 e. The number of benzene rings is 3. The summed E-state index contributed by atoms with van der Waals surface area (Å²) in [5.41, 5.74) is 5.11. The van der Waals surface area contributed by atoms with E-state index >= 15 is 0 Å². The number of unbranched alkanes of at least 4 members (excludes halogenated alkanes) is 1. The van der Waals surface area contributed by atoms with E-state index in [1.165, 1.54) is 10.1 Å². The van der Waals surface area contributed by atoms with E-state index in [1.807, 2.05) is 67.6 Å². The standard InChI is InChI=1S/C32H29N3OS/c1-3-4-13-30-29(18-23-15-16-28(26(17-23)20-33)24-10-6-5-7-11-24)32(36)35(22(2)34-30)21-27-19-25-12-8-9-14-31(25)37-27/h5-12,14-17,19H,3-4,13,18,21H2,1-2H3. The lowest BCUT2D eigenvalue weighted by Crippen LogP contribution is -2.29. The van der Waals surface area contributed by atoms with Gasteiger partial charge in [0.2, 0.25) is 0 Å². The van der Waals surface area contributed by atoms with Crippen LogP contribution in [0.15, 0.2) is 83.7 Å². The predicted octanol–water partition coefficient (Wildman–Crippen LogP) is 7.29. The normalized spacial score (nSPS) is 11.1. The molecule has 4 nitrogen and oxygen atoms in total. The number of hydrogen-bond donors (Lipinski definition) is 0. The molecule has 184 valence electrons. The highest BCUT2D eigenvalue weighted by atomic mass is 32.1. The van der Waals surface area contributed by atoms with Crippen LogP contribution in [0, 0.1) is 18.3 Å². The van der Waals surface area contributed by atoms with Crippen LogP contribution in [0.4, 0.5) is 0 Å². The number of hydrogen-bond acceptors (Lipinski definition) is 4. The van der Waals surface area contributed by atoms with Crippen LogP contribution in [0.25, 0.3) is 21.2 Å². The minimum atomic E-state index is 0.0155. The SMILES string of the molecule is CCCCc1nc(C)n(Cc2cc3ccccc3s2)c(=O)c1Cc1ccc(-c2ccccc2)c(C#N)c1. The number of nitriles is 1. The Morgan fingerprint density at radius 3 is 2.54 bits per heavy atom. The largest absolute Gasteiger partial charge is 0.291 e. The van der Waals surface area contributed by atoms with E-state index in [1.54, 1.807) is 15.9 Å². The molecule has 0 saturated carbocycles. The molecule has 37 heavy (non-hydrogen) atoms. The first-order valence-corrected chi connectivity index (χ1v) is 13.5. The summed E-state index contributed by atoms with van der Waals surface area (Å²) in [5.74, 6) is 0.745. The van der Waals surface area contributed by atoms with E-state index in [0.29, 0.717) is 18.5 Å². The second kappa shape index (κ2) is 10.9. The first kappa shape index (κ1) is 24.7. The van der Waals surface area contributed by atoms with E-state index in [4.69, 9.17) is 4.98 Å². The van der Waals surface area contributed by atoms with E-state index in [0.717, 1.165) is 57.9 Å². The zero-order chi connectivity index (χ0) is 25.8. The molecule has 3 aromatic carbocycles. The van der Waals surface area contributed by atoms with Crippen molar-refractivity contribution in [3.05, 3.63) is 122 Å². The van der Waals surface area contributed by atoms with E-state index in [9.17, 15) is 10.1 Å². The molecule has 5 aromatic rings. The second-order valence-electron chi connectivity index (χ2n) is 9.36. The number of aromatic nitrogens is 2. The van der Waals surface area contributed by atoms with Crippen LogP contribution in [0.5, 0.6) is 0 Å². The average Bonchev–Trinajstić information content (AvgIpc) is 3.34. The van der Waals surface area contributed by atoms with Crippen LogP contribution in [0.1, 0.15) is 52.9 Å². The van der Waals surface area contributed by atoms with Crippen molar-refractivity contribution in [1.82, 2.24) is 9.55 Å². The van der Waals surface area contributed by atoms with Crippen molar-refractivity contribution in [1.29, 1.82) is 5.26 Å². The highest BCUT2D eigenvalue weighted by Crippen LogP contribution is 2.27.